The van der Waals surface area contributed by atoms with Crippen LogP contribution in [-0.4, -0.2) is 19.3 Å². The lowest BCUT2D eigenvalue weighted by Crippen LogP contribution is -2.45. The van der Waals surface area contributed by atoms with E-state index in [0.29, 0.717) is 0 Å². The number of halogens is 1. The first-order valence-electron chi connectivity index (χ1n) is 7.59. The summed E-state index contributed by atoms with van der Waals surface area (Å²) in [5.41, 5.74) is 2.13. The second kappa shape index (κ2) is 8.02. The summed E-state index contributed by atoms with van der Waals surface area (Å²) in [5, 5.41) is 4.46. The Morgan fingerprint density at radius 1 is 1.25 bits per heavy atom. The van der Waals surface area contributed by atoms with Gasteiger partial charge in [-0.1, -0.05) is 44.5 Å². The fourth-order valence-corrected chi connectivity index (χ4v) is 2.94. The average Bonchev–Trinajstić information content (AvgIpc) is 2.47. The highest BCUT2D eigenvalue weighted by atomic mass is 35.5. The van der Waals surface area contributed by atoms with Crippen LogP contribution in [-0.2, 0) is 4.74 Å². The summed E-state index contributed by atoms with van der Waals surface area (Å²) in [6, 6.07) is 6.49. The fraction of sp³-hybridized carbons (Fsp3) is 0.647. The Hall–Kier alpha value is -0.570. The molecule has 0 fully saturated rings. The molecule has 0 amide bonds. The van der Waals surface area contributed by atoms with Gasteiger partial charge in [0.2, 0.25) is 0 Å². The number of aryl methyl sites for hydroxylation is 1. The molecule has 20 heavy (non-hydrogen) atoms. The summed E-state index contributed by atoms with van der Waals surface area (Å²) in [4.78, 5) is 0. The van der Waals surface area contributed by atoms with Crippen molar-refractivity contribution in [2.45, 2.75) is 58.6 Å². The third kappa shape index (κ3) is 3.75. The third-order valence-electron chi connectivity index (χ3n) is 4.26. The second-order valence-corrected chi connectivity index (χ2v) is 5.78. The first-order chi connectivity index (χ1) is 9.54. The van der Waals surface area contributed by atoms with E-state index < -0.39 is 0 Å². The molecule has 114 valence electrons. The lowest BCUT2D eigenvalue weighted by atomic mass is 9.83. The highest BCUT2D eigenvalue weighted by molar-refractivity contribution is 6.31. The number of hydrogen-bond donors (Lipinski definition) is 1. The average molecular weight is 298 g/mol. The molecule has 0 radical (unpaired) electrons. The Labute approximate surface area is 128 Å². The number of ether oxygens (including phenoxy) is 1. The van der Waals surface area contributed by atoms with Gasteiger partial charge in [0.1, 0.15) is 0 Å². The molecule has 1 unspecified atom stereocenters. The van der Waals surface area contributed by atoms with Crippen LogP contribution in [0.4, 0.5) is 0 Å². The first-order valence-corrected chi connectivity index (χ1v) is 7.97. The summed E-state index contributed by atoms with van der Waals surface area (Å²) in [6.45, 7) is 9.55. The lowest BCUT2D eigenvalue weighted by molar-refractivity contribution is -0.0485. The van der Waals surface area contributed by atoms with Gasteiger partial charge >= 0.3 is 0 Å². The monoisotopic (exact) mass is 297 g/mol. The second-order valence-electron chi connectivity index (χ2n) is 5.37. The summed E-state index contributed by atoms with van der Waals surface area (Å²) >= 11 is 6.30. The quantitative estimate of drug-likeness (QED) is 0.737. The van der Waals surface area contributed by atoms with Crippen LogP contribution in [0, 0.1) is 6.92 Å². The Balaban J connectivity index is 3.19. The van der Waals surface area contributed by atoms with Crippen molar-refractivity contribution in [1.29, 1.82) is 0 Å². The van der Waals surface area contributed by atoms with Gasteiger partial charge in [-0.05, 0) is 49.9 Å². The van der Waals surface area contributed by atoms with E-state index in [-0.39, 0.29) is 11.6 Å². The predicted molar refractivity (Wildman–Crippen MR) is 87.5 cm³/mol. The molecular weight excluding hydrogens is 270 g/mol. The van der Waals surface area contributed by atoms with Crippen molar-refractivity contribution < 1.29 is 4.74 Å². The number of nitrogens with one attached hydrogen (secondary N) is 1. The van der Waals surface area contributed by atoms with Crippen LogP contribution >= 0.6 is 11.6 Å². The van der Waals surface area contributed by atoms with Gasteiger partial charge < -0.3 is 10.1 Å². The highest BCUT2D eigenvalue weighted by Crippen LogP contribution is 2.36. The normalized spacial score (nSPS) is 13.5. The summed E-state index contributed by atoms with van der Waals surface area (Å²) in [6.07, 6.45) is 3.03. The Bertz CT molecular complexity index is 407. The molecule has 0 saturated carbocycles. The minimum atomic E-state index is -0.187. The SMILES string of the molecule is CCCNC(c1ccc(C)c(Cl)c1)C(CC)(CC)OC. The van der Waals surface area contributed by atoms with Gasteiger partial charge in [0.25, 0.3) is 0 Å². The van der Waals surface area contributed by atoms with Crippen LogP contribution in [0.5, 0.6) is 0 Å². The van der Waals surface area contributed by atoms with E-state index in [1.807, 2.05) is 14.0 Å². The van der Waals surface area contributed by atoms with E-state index in [2.05, 4.69) is 44.3 Å². The van der Waals surface area contributed by atoms with Crippen molar-refractivity contribution in [2.75, 3.05) is 13.7 Å². The van der Waals surface area contributed by atoms with Crippen molar-refractivity contribution >= 4 is 11.6 Å². The first kappa shape index (κ1) is 17.5. The molecule has 1 aromatic rings. The van der Waals surface area contributed by atoms with Crippen LogP contribution in [0.2, 0.25) is 5.02 Å². The summed E-state index contributed by atoms with van der Waals surface area (Å²) in [5.74, 6) is 0. The van der Waals surface area contributed by atoms with Gasteiger partial charge in [-0.2, -0.15) is 0 Å². The van der Waals surface area contributed by atoms with Crippen molar-refractivity contribution in [1.82, 2.24) is 5.32 Å². The maximum atomic E-state index is 6.30. The van der Waals surface area contributed by atoms with Gasteiger partial charge in [-0.3, -0.25) is 0 Å². The van der Waals surface area contributed by atoms with Crippen LogP contribution in [0.3, 0.4) is 0 Å². The van der Waals surface area contributed by atoms with Crippen LogP contribution in [0.1, 0.15) is 57.2 Å². The van der Waals surface area contributed by atoms with E-state index >= 15 is 0 Å². The molecule has 1 atom stereocenters. The number of rotatable bonds is 8. The Kier molecular flexibility index (Phi) is 7.01. The topological polar surface area (TPSA) is 21.3 Å². The zero-order valence-electron chi connectivity index (χ0n) is 13.4. The molecule has 1 rings (SSSR count). The largest absolute Gasteiger partial charge is 0.376 e. The number of hydrogen-bond acceptors (Lipinski definition) is 2. The predicted octanol–water partition coefficient (Wildman–Crippen LogP) is 4.89. The van der Waals surface area contributed by atoms with Gasteiger partial charge in [0.15, 0.2) is 0 Å². The fourth-order valence-electron chi connectivity index (χ4n) is 2.75. The van der Waals surface area contributed by atoms with E-state index in [4.69, 9.17) is 16.3 Å². The van der Waals surface area contributed by atoms with E-state index in [0.717, 1.165) is 36.4 Å². The molecule has 3 heteroatoms. The highest BCUT2D eigenvalue weighted by Gasteiger charge is 2.36. The van der Waals surface area contributed by atoms with Crippen molar-refractivity contribution in [3.8, 4) is 0 Å². The Morgan fingerprint density at radius 3 is 2.35 bits per heavy atom. The van der Waals surface area contributed by atoms with E-state index in [1.54, 1.807) is 0 Å². The van der Waals surface area contributed by atoms with Crippen LogP contribution < -0.4 is 5.32 Å². The summed E-state index contributed by atoms with van der Waals surface area (Å²) in [7, 11) is 1.81. The maximum Gasteiger partial charge on any atom is 0.0867 e. The molecule has 0 aliphatic rings. The third-order valence-corrected chi connectivity index (χ3v) is 4.66. The van der Waals surface area contributed by atoms with Crippen molar-refractivity contribution in [3.05, 3.63) is 34.3 Å². The molecular formula is C17H28ClNO. The number of methoxy groups -OCH3 is 1. The lowest BCUT2D eigenvalue weighted by Gasteiger charge is -2.39. The van der Waals surface area contributed by atoms with E-state index in [1.165, 1.54) is 5.56 Å². The van der Waals surface area contributed by atoms with Crippen molar-refractivity contribution in [3.63, 3.8) is 0 Å². The molecule has 1 N–H and O–H groups in total. The standard InChI is InChI=1S/C17H28ClNO/c1-6-11-19-16(17(7-2,8-3)20-5)14-10-9-13(4)15(18)12-14/h9-10,12,16,19H,6-8,11H2,1-5H3. The molecule has 0 aromatic heterocycles. The minimum Gasteiger partial charge on any atom is -0.376 e. The van der Waals surface area contributed by atoms with Crippen LogP contribution in [0.25, 0.3) is 0 Å². The smallest absolute Gasteiger partial charge is 0.0867 e. The molecule has 0 bridgehead atoms. The van der Waals surface area contributed by atoms with Gasteiger partial charge in [0.05, 0.1) is 11.6 Å². The summed E-state index contributed by atoms with van der Waals surface area (Å²) < 4.78 is 5.91. The zero-order chi connectivity index (χ0) is 15.2. The molecule has 0 aliphatic carbocycles. The van der Waals surface area contributed by atoms with Crippen LogP contribution in [0.15, 0.2) is 18.2 Å². The molecule has 0 heterocycles. The molecule has 0 spiro atoms. The molecule has 0 aliphatic heterocycles. The Morgan fingerprint density at radius 2 is 1.90 bits per heavy atom. The molecule has 2 nitrogen and oxygen atoms in total. The van der Waals surface area contributed by atoms with Gasteiger partial charge in [-0.25, -0.2) is 0 Å². The molecule has 0 saturated heterocycles. The zero-order valence-corrected chi connectivity index (χ0v) is 14.2. The van der Waals surface area contributed by atoms with Gasteiger partial charge in [0, 0.05) is 12.1 Å². The van der Waals surface area contributed by atoms with Crippen molar-refractivity contribution in [2.24, 2.45) is 0 Å². The number of benzene rings is 1. The molecule has 1 aromatic carbocycles. The maximum absolute atomic E-state index is 6.30. The minimum absolute atomic E-state index is 0.167. The van der Waals surface area contributed by atoms with E-state index in [9.17, 15) is 0 Å². The van der Waals surface area contributed by atoms with Gasteiger partial charge in [-0.15, -0.1) is 0 Å².